The van der Waals surface area contributed by atoms with Crippen LogP contribution in [-0.4, -0.2) is 0 Å². The van der Waals surface area contributed by atoms with Gasteiger partial charge in [-0.3, -0.25) is 0 Å². The Morgan fingerprint density at radius 2 is 0.533 bits per heavy atom. The average molecular weight is 757 g/mol. The molecule has 0 bridgehead atoms. The summed E-state index contributed by atoms with van der Waals surface area (Å²) in [5.41, 5.74) is 15.2. The van der Waals surface area contributed by atoms with Crippen molar-refractivity contribution in [2.24, 2.45) is 0 Å². The first-order valence-electron chi connectivity index (χ1n) is 20.9. The summed E-state index contributed by atoms with van der Waals surface area (Å²) in [6.45, 7) is 0. The Morgan fingerprint density at radius 1 is 0.167 bits per heavy atom. The van der Waals surface area contributed by atoms with E-state index in [-0.39, 0.29) is 0 Å². The highest BCUT2D eigenvalue weighted by molar-refractivity contribution is 6.40. The summed E-state index contributed by atoms with van der Waals surface area (Å²) in [5.74, 6) is 0. The predicted molar refractivity (Wildman–Crippen MR) is 257 cm³/mol. The van der Waals surface area contributed by atoms with Gasteiger partial charge in [-0.25, -0.2) is 0 Å². The normalized spacial score (nSPS) is 13.8. The van der Waals surface area contributed by atoms with E-state index >= 15 is 0 Å². The molecule has 11 aromatic rings. The molecule has 0 saturated heterocycles. The molecule has 0 nitrogen and oxygen atoms in total. The number of hydrogen-bond acceptors (Lipinski definition) is 0. The van der Waals surface area contributed by atoms with Gasteiger partial charge in [-0.2, -0.15) is 0 Å². The van der Waals surface area contributed by atoms with Gasteiger partial charge in [0, 0.05) is 0 Å². The molecule has 0 aliphatic heterocycles. The summed E-state index contributed by atoms with van der Waals surface area (Å²) in [6, 6.07) is 81.5. The molecule has 0 spiro atoms. The lowest BCUT2D eigenvalue weighted by Gasteiger charge is -2.18. The number of allylic oxidation sites excluding steroid dienone is 5. The second-order valence-electron chi connectivity index (χ2n) is 16.3. The second kappa shape index (κ2) is 12.9. The standard InChI is InChI=1S/C60H36/c1-3-17-39(18-4-1)55-53-35-45-33-51-49-25-13-11-23-47(49)48-24-12-14-26-50(48)52(51)34-46(45)36-54(53)59-56(40-19-5-2-6-20-40)57(43-29-27-37-15-7-9-21-41(37)31-43)58(60(55)59)44-30-28-38-16-8-10-22-42(38)32-44/h1-36H. The van der Waals surface area contributed by atoms with Crippen LogP contribution < -0.4 is 0 Å². The van der Waals surface area contributed by atoms with Crippen LogP contribution in [0.5, 0.6) is 0 Å². The van der Waals surface area contributed by atoms with Crippen molar-refractivity contribution < 1.29 is 0 Å². The van der Waals surface area contributed by atoms with Crippen molar-refractivity contribution in [3.8, 4) is 0 Å². The molecular weight excluding hydrogens is 721 g/mol. The van der Waals surface area contributed by atoms with E-state index in [0.29, 0.717) is 0 Å². The molecule has 0 N–H and O–H groups in total. The first-order chi connectivity index (χ1) is 29.8. The Bertz CT molecular complexity index is 3730. The molecule has 11 aromatic carbocycles. The van der Waals surface area contributed by atoms with Crippen LogP contribution in [0.1, 0.15) is 33.4 Å². The second-order valence-corrected chi connectivity index (χ2v) is 16.3. The van der Waals surface area contributed by atoms with Crippen molar-refractivity contribution in [2.45, 2.75) is 0 Å². The Labute approximate surface area is 348 Å². The maximum absolute atomic E-state index is 2.50. The number of benzene rings is 11. The Morgan fingerprint density at radius 3 is 1.03 bits per heavy atom. The molecule has 0 radical (unpaired) electrons. The van der Waals surface area contributed by atoms with E-state index in [2.05, 4.69) is 218 Å². The Kier molecular flexibility index (Phi) is 7.11. The zero-order chi connectivity index (χ0) is 39.3. The summed E-state index contributed by atoms with van der Waals surface area (Å²) in [7, 11) is 0. The Balaban J connectivity index is 1.20. The van der Waals surface area contributed by atoms with E-state index in [4.69, 9.17) is 0 Å². The van der Waals surface area contributed by atoms with Crippen LogP contribution >= 0.6 is 0 Å². The molecule has 276 valence electrons. The Hall–Kier alpha value is -7.80. The van der Waals surface area contributed by atoms with Crippen molar-refractivity contribution in [3.63, 3.8) is 0 Å². The number of fused-ring (bicyclic) bond motifs is 12. The first kappa shape index (κ1) is 33.2. The van der Waals surface area contributed by atoms with Crippen molar-refractivity contribution in [2.75, 3.05) is 0 Å². The molecule has 0 saturated carbocycles. The molecule has 0 heteroatoms. The van der Waals surface area contributed by atoms with Crippen molar-refractivity contribution in [3.05, 3.63) is 257 Å². The number of rotatable bonds is 4. The molecule has 0 aromatic heterocycles. The van der Waals surface area contributed by atoms with Crippen LogP contribution in [0.25, 0.3) is 92.5 Å². The maximum Gasteiger partial charge on any atom is -0.000137 e. The van der Waals surface area contributed by atoms with Crippen molar-refractivity contribution in [1.29, 1.82) is 0 Å². The van der Waals surface area contributed by atoms with Crippen LogP contribution in [0.15, 0.2) is 224 Å². The molecule has 2 aliphatic rings. The fourth-order valence-electron chi connectivity index (χ4n) is 10.5. The lowest BCUT2D eigenvalue weighted by atomic mass is 9.85. The zero-order valence-corrected chi connectivity index (χ0v) is 32.8. The lowest BCUT2D eigenvalue weighted by molar-refractivity contribution is 1.56. The van der Waals surface area contributed by atoms with Gasteiger partial charge in [0.25, 0.3) is 0 Å². The molecular formula is C60H36. The third kappa shape index (κ3) is 4.86. The molecule has 0 heterocycles. The third-order valence-corrected chi connectivity index (χ3v) is 13.1. The molecule has 0 unspecified atom stereocenters. The van der Waals surface area contributed by atoms with Gasteiger partial charge in [0.2, 0.25) is 0 Å². The molecule has 60 heavy (non-hydrogen) atoms. The van der Waals surface area contributed by atoms with Crippen molar-refractivity contribution >= 4 is 92.5 Å². The fraction of sp³-hybridized carbons (Fsp3) is 0. The van der Waals surface area contributed by atoms with Crippen LogP contribution in [-0.2, 0) is 0 Å². The van der Waals surface area contributed by atoms with Gasteiger partial charge in [-0.15, -0.1) is 0 Å². The quantitative estimate of drug-likeness (QED) is 0.124. The van der Waals surface area contributed by atoms with Gasteiger partial charge in [0.1, 0.15) is 0 Å². The molecule has 0 amide bonds. The highest BCUT2D eigenvalue weighted by Crippen LogP contribution is 2.62. The van der Waals surface area contributed by atoms with E-state index in [1.54, 1.807) is 0 Å². The van der Waals surface area contributed by atoms with E-state index < -0.39 is 0 Å². The summed E-state index contributed by atoms with van der Waals surface area (Å²) >= 11 is 0. The van der Waals surface area contributed by atoms with Crippen molar-refractivity contribution in [1.82, 2.24) is 0 Å². The van der Waals surface area contributed by atoms with E-state index in [9.17, 15) is 0 Å². The largest absolute Gasteiger partial charge is 0.0622 e. The van der Waals surface area contributed by atoms with Crippen LogP contribution in [0.4, 0.5) is 0 Å². The molecule has 0 atom stereocenters. The summed E-state index contributed by atoms with van der Waals surface area (Å²) in [4.78, 5) is 0. The van der Waals surface area contributed by atoms with Crippen LogP contribution in [0, 0.1) is 0 Å². The first-order valence-corrected chi connectivity index (χ1v) is 20.9. The monoisotopic (exact) mass is 756 g/mol. The predicted octanol–water partition coefficient (Wildman–Crippen LogP) is 16.0. The van der Waals surface area contributed by atoms with Gasteiger partial charge >= 0.3 is 0 Å². The highest BCUT2D eigenvalue weighted by atomic mass is 14.4. The maximum atomic E-state index is 2.50. The van der Waals surface area contributed by atoms with E-state index in [0.717, 1.165) is 0 Å². The van der Waals surface area contributed by atoms with Crippen LogP contribution in [0.3, 0.4) is 0 Å². The zero-order valence-electron chi connectivity index (χ0n) is 32.8. The van der Waals surface area contributed by atoms with Gasteiger partial charge in [-0.05, 0) is 168 Å². The van der Waals surface area contributed by atoms with Gasteiger partial charge in [0.15, 0.2) is 0 Å². The molecule has 0 fully saturated rings. The topological polar surface area (TPSA) is 0 Å². The minimum absolute atomic E-state index is 1.22. The SMILES string of the molecule is c1ccc(C2=C3C(=C(c4ccccc4)c4cc5cc6c7ccccc7c7ccccc7c6cc5cc43)C(c3ccc4ccccc4c3)=C2c2ccc3ccccc3c2)cc1. The van der Waals surface area contributed by atoms with E-state index in [1.165, 1.54) is 131 Å². The smallest absolute Gasteiger partial charge is 0.000137 e. The fourth-order valence-corrected chi connectivity index (χ4v) is 10.5. The van der Waals surface area contributed by atoms with Gasteiger partial charge < -0.3 is 0 Å². The lowest BCUT2D eigenvalue weighted by Crippen LogP contribution is -1.96. The molecule has 13 rings (SSSR count). The molecule has 2 aliphatic carbocycles. The van der Waals surface area contributed by atoms with Crippen LogP contribution in [0.2, 0.25) is 0 Å². The minimum atomic E-state index is 1.22. The summed E-state index contributed by atoms with van der Waals surface area (Å²) in [5, 5.41) is 15.2. The third-order valence-electron chi connectivity index (χ3n) is 13.1. The van der Waals surface area contributed by atoms with Gasteiger partial charge in [-0.1, -0.05) is 182 Å². The summed E-state index contributed by atoms with van der Waals surface area (Å²) < 4.78 is 0. The highest BCUT2D eigenvalue weighted by Gasteiger charge is 2.40. The summed E-state index contributed by atoms with van der Waals surface area (Å²) in [6.07, 6.45) is 0. The van der Waals surface area contributed by atoms with E-state index in [1.807, 2.05) is 0 Å². The number of hydrogen-bond donors (Lipinski definition) is 0. The average Bonchev–Trinajstić information content (AvgIpc) is 3.82. The minimum Gasteiger partial charge on any atom is -0.0622 e. The van der Waals surface area contributed by atoms with Gasteiger partial charge in [0.05, 0.1) is 0 Å².